The van der Waals surface area contributed by atoms with E-state index in [9.17, 15) is 10.1 Å². The molecule has 20 heavy (non-hydrogen) atoms. The van der Waals surface area contributed by atoms with Crippen LogP contribution in [0.25, 0.3) is 0 Å². The summed E-state index contributed by atoms with van der Waals surface area (Å²) in [5.74, 6) is 0.988. The Labute approximate surface area is 117 Å². The number of nitro groups is 1. The molecule has 7 heteroatoms. The summed E-state index contributed by atoms with van der Waals surface area (Å²) in [6.07, 6.45) is 2.33. The Morgan fingerprint density at radius 2 is 2.35 bits per heavy atom. The van der Waals surface area contributed by atoms with Crippen LogP contribution in [-0.4, -0.2) is 29.0 Å². The molecule has 1 aromatic heterocycles. The molecule has 1 aromatic rings. The van der Waals surface area contributed by atoms with Crippen molar-refractivity contribution in [3.05, 3.63) is 22.2 Å². The molecule has 0 atom stereocenters. The zero-order valence-corrected chi connectivity index (χ0v) is 11.4. The van der Waals surface area contributed by atoms with Crippen molar-refractivity contribution in [2.24, 2.45) is 0 Å². The maximum absolute atomic E-state index is 11.2. The third-order valence-electron chi connectivity index (χ3n) is 3.13. The van der Waals surface area contributed by atoms with Gasteiger partial charge in [0.15, 0.2) is 0 Å². The quantitative estimate of drug-likeness (QED) is 0.606. The fourth-order valence-electron chi connectivity index (χ4n) is 2.09. The summed E-state index contributed by atoms with van der Waals surface area (Å²) in [7, 11) is 0. The fraction of sp³-hybridized carbons (Fsp3) is 0.538. The highest BCUT2D eigenvalue weighted by Crippen LogP contribution is 2.36. The molecule has 1 fully saturated rings. The van der Waals surface area contributed by atoms with Gasteiger partial charge in [-0.3, -0.25) is 10.1 Å². The van der Waals surface area contributed by atoms with Crippen LogP contribution in [0.4, 0.5) is 17.3 Å². The number of hydrogen-bond acceptors (Lipinski definition) is 6. The van der Waals surface area contributed by atoms with Crippen LogP contribution in [0.15, 0.2) is 12.1 Å². The summed E-state index contributed by atoms with van der Waals surface area (Å²) >= 11 is 0. The SMILES string of the molecule is CCNc1ccc([N+](=O)[O-])c(N(CCC#N)C2CC2)n1. The Bertz CT molecular complexity index is 536. The van der Waals surface area contributed by atoms with E-state index in [0.29, 0.717) is 31.1 Å². The van der Waals surface area contributed by atoms with E-state index in [2.05, 4.69) is 16.4 Å². The number of hydrogen-bond donors (Lipinski definition) is 1. The second-order valence-corrected chi connectivity index (χ2v) is 4.66. The molecule has 0 aromatic carbocycles. The lowest BCUT2D eigenvalue weighted by Gasteiger charge is -2.22. The minimum atomic E-state index is -0.417. The molecule has 0 saturated heterocycles. The highest BCUT2D eigenvalue weighted by Gasteiger charge is 2.34. The predicted octanol–water partition coefficient (Wildman–Crippen LogP) is 2.30. The zero-order valence-electron chi connectivity index (χ0n) is 11.4. The van der Waals surface area contributed by atoms with Crippen molar-refractivity contribution >= 4 is 17.3 Å². The van der Waals surface area contributed by atoms with Gasteiger partial charge in [-0.15, -0.1) is 0 Å². The normalized spacial score (nSPS) is 13.6. The maximum Gasteiger partial charge on any atom is 0.311 e. The van der Waals surface area contributed by atoms with Crippen LogP contribution in [0.1, 0.15) is 26.2 Å². The smallest absolute Gasteiger partial charge is 0.311 e. The molecular weight excluding hydrogens is 258 g/mol. The molecule has 1 aliphatic carbocycles. The molecule has 0 aliphatic heterocycles. The minimum Gasteiger partial charge on any atom is -0.370 e. The summed E-state index contributed by atoms with van der Waals surface area (Å²) in [5, 5.41) is 23.0. The largest absolute Gasteiger partial charge is 0.370 e. The van der Waals surface area contributed by atoms with E-state index in [1.54, 1.807) is 6.07 Å². The van der Waals surface area contributed by atoms with Gasteiger partial charge < -0.3 is 10.2 Å². The van der Waals surface area contributed by atoms with Crippen LogP contribution >= 0.6 is 0 Å². The van der Waals surface area contributed by atoms with E-state index in [1.165, 1.54) is 6.07 Å². The van der Waals surface area contributed by atoms with Gasteiger partial charge >= 0.3 is 5.69 Å². The summed E-state index contributed by atoms with van der Waals surface area (Å²) < 4.78 is 0. The first-order valence-corrected chi connectivity index (χ1v) is 6.70. The first-order valence-electron chi connectivity index (χ1n) is 6.70. The van der Waals surface area contributed by atoms with E-state index in [4.69, 9.17) is 5.26 Å². The molecule has 0 unspecified atom stereocenters. The van der Waals surface area contributed by atoms with Crippen LogP contribution in [-0.2, 0) is 0 Å². The molecular formula is C13H17N5O2. The highest BCUT2D eigenvalue weighted by molar-refractivity contribution is 5.63. The zero-order chi connectivity index (χ0) is 14.5. The number of aromatic nitrogens is 1. The Morgan fingerprint density at radius 1 is 1.60 bits per heavy atom. The van der Waals surface area contributed by atoms with E-state index in [-0.39, 0.29) is 11.7 Å². The number of pyridine rings is 1. The maximum atomic E-state index is 11.2. The molecule has 7 nitrogen and oxygen atoms in total. The van der Waals surface area contributed by atoms with Gasteiger partial charge in [-0.25, -0.2) is 4.98 Å². The highest BCUT2D eigenvalue weighted by atomic mass is 16.6. The van der Waals surface area contributed by atoms with Crippen molar-refractivity contribution in [1.82, 2.24) is 4.98 Å². The third kappa shape index (κ3) is 3.15. The third-order valence-corrected chi connectivity index (χ3v) is 3.13. The van der Waals surface area contributed by atoms with Crippen LogP contribution < -0.4 is 10.2 Å². The standard InChI is InChI=1S/C13H17N5O2/c1-2-15-12-7-6-11(18(19)20)13(16-12)17(9-3-8-14)10-4-5-10/h6-7,10H,2-5,9H2,1H3,(H,15,16). The Kier molecular flexibility index (Phi) is 4.35. The van der Waals surface area contributed by atoms with E-state index < -0.39 is 4.92 Å². The van der Waals surface area contributed by atoms with Crippen molar-refractivity contribution in [2.45, 2.75) is 32.2 Å². The number of anilines is 2. The second kappa shape index (κ2) is 6.19. The first kappa shape index (κ1) is 14.1. The summed E-state index contributed by atoms with van der Waals surface area (Å²) in [4.78, 5) is 17.0. The van der Waals surface area contributed by atoms with Gasteiger partial charge in [0.1, 0.15) is 5.82 Å². The predicted molar refractivity (Wildman–Crippen MR) is 75.7 cm³/mol. The average Bonchev–Trinajstić information content (AvgIpc) is 3.24. The van der Waals surface area contributed by atoms with Crippen LogP contribution in [0.2, 0.25) is 0 Å². The topological polar surface area (TPSA) is 95.1 Å². The number of nitriles is 1. The lowest BCUT2D eigenvalue weighted by Crippen LogP contribution is -2.28. The molecule has 0 radical (unpaired) electrons. The molecule has 2 rings (SSSR count). The van der Waals surface area contributed by atoms with E-state index in [1.807, 2.05) is 11.8 Å². The van der Waals surface area contributed by atoms with Gasteiger partial charge in [0.05, 0.1) is 17.4 Å². The van der Waals surface area contributed by atoms with Crippen molar-refractivity contribution in [2.75, 3.05) is 23.3 Å². The van der Waals surface area contributed by atoms with Crippen molar-refractivity contribution < 1.29 is 4.92 Å². The number of rotatable bonds is 7. The van der Waals surface area contributed by atoms with Gasteiger partial charge in [0, 0.05) is 25.2 Å². The lowest BCUT2D eigenvalue weighted by molar-refractivity contribution is -0.384. The van der Waals surface area contributed by atoms with Gasteiger partial charge in [-0.1, -0.05) is 0 Å². The molecule has 0 amide bonds. The Balaban J connectivity index is 2.35. The van der Waals surface area contributed by atoms with Crippen molar-refractivity contribution in [3.63, 3.8) is 0 Å². The van der Waals surface area contributed by atoms with Crippen LogP contribution in [0.3, 0.4) is 0 Å². The van der Waals surface area contributed by atoms with Crippen LogP contribution in [0, 0.1) is 21.4 Å². The molecule has 1 heterocycles. The molecule has 1 N–H and O–H groups in total. The number of nitrogens with zero attached hydrogens (tertiary/aromatic N) is 4. The Morgan fingerprint density at radius 3 is 2.90 bits per heavy atom. The van der Waals surface area contributed by atoms with Gasteiger partial charge in [-0.2, -0.15) is 5.26 Å². The monoisotopic (exact) mass is 275 g/mol. The van der Waals surface area contributed by atoms with Gasteiger partial charge in [-0.05, 0) is 25.8 Å². The van der Waals surface area contributed by atoms with Gasteiger partial charge in [0.25, 0.3) is 0 Å². The van der Waals surface area contributed by atoms with Gasteiger partial charge in [0.2, 0.25) is 5.82 Å². The minimum absolute atomic E-state index is 0.00325. The van der Waals surface area contributed by atoms with Crippen molar-refractivity contribution in [3.8, 4) is 6.07 Å². The van der Waals surface area contributed by atoms with E-state index in [0.717, 1.165) is 12.8 Å². The lowest BCUT2D eigenvalue weighted by atomic mass is 10.3. The molecule has 0 spiro atoms. The summed E-state index contributed by atoms with van der Waals surface area (Å²) in [6, 6.07) is 5.44. The summed E-state index contributed by atoms with van der Waals surface area (Å²) in [6.45, 7) is 3.12. The summed E-state index contributed by atoms with van der Waals surface area (Å²) in [5.41, 5.74) is -0.00325. The van der Waals surface area contributed by atoms with Crippen LogP contribution in [0.5, 0.6) is 0 Å². The second-order valence-electron chi connectivity index (χ2n) is 4.66. The van der Waals surface area contributed by atoms with E-state index >= 15 is 0 Å². The average molecular weight is 275 g/mol. The van der Waals surface area contributed by atoms with Crippen molar-refractivity contribution in [1.29, 1.82) is 5.26 Å². The molecule has 0 bridgehead atoms. The molecule has 1 aliphatic rings. The fourth-order valence-corrected chi connectivity index (χ4v) is 2.09. The molecule has 1 saturated carbocycles. The number of nitrogens with one attached hydrogen (secondary N) is 1. The first-order chi connectivity index (χ1) is 9.67. The molecule has 106 valence electrons. The Hall–Kier alpha value is -2.36.